The maximum atomic E-state index is 12.6. The topological polar surface area (TPSA) is 52.6 Å². The van der Waals surface area contributed by atoms with E-state index in [9.17, 15) is 9.59 Å². The van der Waals surface area contributed by atoms with Crippen molar-refractivity contribution in [2.75, 3.05) is 13.2 Å². The van der Waals surface area contributed by atoms with Gasteiger partial charge in [0.1, 0.15) is 11.5 Å². The van der Waals surface area contributed by atoms with E-state index in [0.29, 0.717) is 52.3 Å². The van der Waals surface area contributed by atoms with Gasteiger partial charge in [-0.2, -0.15) is 0 Å². The number of carbonyl (C=O) groups excluding carboxylic acids is 2. The Morgan fingerprint density at radius 1 is 0.590 bits per heavy atom. The van der Waals surface area contributed by atoms with Gasteiger partial charge in [0, 0.05) is 27.6 Å². The van der Waals surface area contributed by atoms with Crippen LogP contribution in [0.4, 0.5) is 0 Å². The van der Waals surface area contributed by atoms with E-state index in [0.717, 1.165) is 11.1 Å². The number of carbonyl (C=O) groups is 2. The third-order valence-corrected chi connectivity index (χ3v) is 6.39. The highest BCUT2D eigenvalue weighted by Crippen LogP contribution is 2.20. The van der Waals surface area contributed by atoms with Crippen molar-refractivity contribution in [3.8, 4) is 11.5 Å². The van der Waals surface area contributed by atoms with Crippen molar-refractivity contribution in [3.63, 3.8) is 0 Å². The van der Waals surface area contributed by atoms with Crippen LogP contribution in [0.25, 0.3) is 12.2 Å². The molecule has 0 heterocycles. The second kappa shape index (κ2) is 14.1. The molecule has 0 unspecified atom stereocenters. The molecule has 6 heteroatoms. The van der Waals surface area contributed by atoms with Crippen LogP contribution in [0.3, 0.4) is 0 Å². The van der Waals surface area contributed by atoms with Gasteiger partial charge in [-0.05, 0) is 71.8 Å². The Hall–Kier alpha value is -4.12. The van der Waals surface area contributed by atoms with Gasteiger partial charge in [-0.25, -0.2) is 0 Å². The molecule has 0 amide bonds. The number of halogens is 2. The summed E-state index contributed by atoms with van der Waals surface area (Å²) in [5.41, 5.74) is 2.61. The fraction of sp³-hybridized carbons (Fsp3) is 0.0909. The molecule has 0 aliphatic carbocycles. The molecular weight excluding hydrogens is 531 g/mol. The van der Waals surface area contributed by atoms with E-state index in [2.05, 4.69) is 0 Å². The molecule has 0 bridgehead atoms. The van der Waals surface area contributed by atoms with E-state index in [4.69, 9.17) is 32.7 Å². The average Bonchev–Trinajstić information content (AvgIpc) is 2.96. The van der Waals surface area contributed by atoms with Crippen LogP contribution < -0.4 is 9.47 Å². The molecule has 0 N–H and O–H groups in total. The van der Waals surface area contributed by atoms with Crippen LogP contribution in [0, 0.1) is 0 Å². The molecular formula is C33H26Cl2O4. The summed E-state index contributed by atoms with van der Waals surface area (Å²) in [6.07, 6.45) is 7.02. The monoisotopic (exact) mass is 556 g/mol. The van der Waals surface area contributed by atoms with Crippen molar-refractivity contribution >= 4 is 46.9 Å². The number of hydrogen-bond acceptors (Lipinski definition) is 4. The number of benzene rings is 4. The minimum atomic E-state index is -0.139. The molecule has 0 saturated carbocycles. The molecule has 0 spiro atoms. The van der Waals surface area contributed by atoms with Crippen molar-refractivity contribution < 1.29 is 19.1 Å². The number of ketones is 2. The van der Waals surface area contributed by atoms with E-state index < -0.39 is 0 Å². The van der Waals surface area contributed by atoms with Crippen molar-refractivity contribution in [2.24, 2.45) is 0 Å². The first-order chi connectivity index (χ1) is 19.0. The normalized spacial score (nSPS) is 11.1. The minimum Gasteiger partial charge on any atom is -0.493 e. The van der Waals surface area contributed by atoms with Gasteiger partial charge >= 0.3 is 0 Å². The maximum Gasteiger partial charge on any atom is 0.185 e. The van der Waals surface area contributed by atoms with E-state index in [1.807, 2.05) is 36.4 Å². The average molecular weight is 557 g/mol. The molecule has 4 nitrogen and oxygen atoms in total. The van der Waals surface area contributed by atoms with E-state index in [1.165, 1.54) is 12.2 Å². The van der Waals surface area contributed by atoms with E-state index in [1.54, 1.807) is 72.8 Å². The van der Waals surface area contributed by atoms with E-state index >= 15 is 0 Å². The Kier molecular flexibility index (Phi) is 10.1. The van der Waals surface area contributed by atoms with Crippen LogP contribution in [0.5, 0.6) is 11.5 Å². The molecule has 0 fully saturated rings. The SMILES string of the molecule is O=C(/C=C/c1ccccc1Cl)c1cccc(OCCCOc2cccc(C(=O)/C=C/c3ccccc3Cl)c2)c1. The third kappa shape index (κ3) is 8.44. The van der Waals surface area contributed by atoms with Gasteiger partial charge in [0.05, 0.1) is 13.2 Å². The predicted octanol–water partition coefficient (Wildman–Crippen LogP) is 8.63. The fourth-order valence-corrected chi connectivity index (χ4v) is 4.06. The fourth-order valence-electron chi connectivity index (χ4n) is 3.66. The molecule has 4 rings (SSSR count). The van der Waals surface area contributed by atoms with Gasteiger partial charge in [-0.3, -0.25) is 9.59 Å². The second-order valence-corrected chi connectivity index (χ2v) is 9.36. The lowest BCUT2D eigenvalue weighted by atomic mass is 10.1. The summed E-state index contributed by atoms with van der Waals surface area (Å²) in [6, 6.07) is 28.8. The van der Waals surface area contributed by atoms with E-state index in [-0.39, 0.29) is 11.6 Å². The van der Waals surface area contributed by atoms with Crippen LogP contribution in [0.15, 0.2) is 109 Å². The number of hydrogen-bond donors (Lipinski definition) is 0. The smallest absolute Gasteiger partial charge is 0.185 e. The molecule has 0 aliphatic rings. The summed E-state index contributed by atoms with van der Waals surface area (Å²) >= 11 is 12.3. The lowest BCUT2D eigenvalue weighted by Gasteiger charge is -2.09. The highest BCUT2D eigenvalue weighted by molar-refractivity contribution is 6.32. The lowest BCUT2D eigenvalue weighted by molar-refractivity contribution is 0.103. The van der Waals surface area contributed by atoms with Crippen LogP contribution >= 0.6 is 23.2 Å². The largest absolute Gasteiger partial charge is 0.493 e. The standard InChI is InChI=1S/C33H26Cl2O4/c34-30-14-3-1-8-24(30)16-18-32(36)26-10-5-12-28(22-26)38-20-7-21-39-29-13-6-11-27(23-29)33(37)19-17-25-9-2-4-15-31(25)35/h1-6,8-19,22-23H,7,20-21H2/b18-16+,19-17+. The Morgan fingerprint density at radius 3 is 1.46 bits per heavy atom. The number of rotatable bonds is 12. The van der Waals surface area contributed by atoms with Gasteiger partial charge in [0.2, 0.25) is 0 Å². The first-order valence-corrected chi connectivity index (χ1v) is 13.1. The van der Waals surface area contributed by atoms with Gasteiger partial charge < -0.3 is 9.47 Å². The zero-order chi connectivity index (χ0) is 27.5. The molecule has 0 saturated heterocycles. The zero-order valence-corrected chi connectivity index (χ0v) is 22.6. The summed E-state index contributed by atoms with van der Waals surface area (Å²) < 4.78 is 11.6. The van der Waals surface area contributed by atoms with Crippen molar-refractivity contribution in [1.82, 2.24) is 0 Å². The van der Waals surface area contributed by atoms with Gasteiger partial charge in [0.15, 0.2) is 11.6 Å². The van der Waals surface area contributed by atoms with Crippen molar-refractivity contribution in [3.05, 3.63) is 142 Å². The highest BCUT2D eigenvalue weighted by Gasteiger charge is 2.06. The molecule has 0 radical (unpaired) electrons. The molecule has 0 aliphatic heterocycles. The molecule has 39 heavy (non-hydrogen) atoms. The van der Waals surface area contributed by atoms with Crippen LogP contribution in [-0.2, 0) is 0 Å². The summed E-state index contributed by atoms with van der Waals surface area (Å²) in [5, 5.41) is 1.17. The number of ether oxygens (including phenoxy) is 2. The zero-order valence-electron chi connectivity index (χ0n) is 21.1. The first-order valence-electron chi connectivity index (χ1n) is 12.4. The Bertz CT molecular complexity index is 1390. The summed E-state index contributed by atoms with van der Waals surface area (Å²) in [6.45, 7) is 0.818. The third-order valence-electron chi connectivity index (χ3n) is 5.70. The molecule has 0 atom stereocenters. The summed E-state index contributed by atoms with van der Waals surface area (Å²) in [7, 11) is 0. The van der Waals surface area contributed by atoms with Gasteiger partial charge in [0.25, 0.3) is 0 Å². The Balaban J connectivity index is 1.24. The molecule has 0 aromatic heterocycles. The molecule has 196 valence electrons. The maximum absolute atomic E-state index is 12.6. The summed E-state index contributed by atoms with van der Waals surface area (Å²) in [4.78, 5) is 25.2. The minimum absolute atomic E-state index is 0.139. The number of allylic oxidation sites excluding steroid dienone is 2. The van der Waals surface area contributed by atoms with Crippen molar-refractivity contribution in [2.45, 2.75) is 6.42 Å². The Morgan fingerprint density at radius 2 is 1.03 bits per heavy atom. The molecule has 4 aromatic carbocycles. The molecule has 4 aromatic rings. The van der Waals surface area contributed by atoms with Crippen LogP contribution in [-0.4, -0.2) is 24.8 Å². The van der Waals surface area contributed by atoms with Crippen LogP contribution in [0.2, 0.25) is 10.0 Å². The quantitative estimate of drug-likeness (QED) is 0.0994. The van der Waals surface area contributed by atoms with Gasteiger partial charge in [-0.1, -0.05) is 83.9 Å². The summed E-state index contributed by atoms with van der Waals surface area (Å²) in [5.74, 6) is 0.925. The highest BCUT2D eigenvalue weighted by atomic mass is 35.5. The van der Waals surface area contributed by atoms with Gasteiger partial charge in [-0.15, -0.1) is 0 Å². The van der Waals surface area contributed by atoms with Crippen molar-refractivity contribution in [1.29, 1.82) is 0 Å². The first kappa shape index (κ1) is 27.9. The lowest BCUT2D eigenvalue weighted by Crippen LogP contribution is -2.06. The predicted molar refractivity (Wildman–Crippen MR) is 158 cm³/mol. The van der Waals surface area contributed by atoms with Crippen LogP contribution in [0.1, 0.15) is 38.3 Å². The second-order valence-electron chi connectivity index (χ2n) is 8.54. The Labute approximate surface area is 238 Å².